The van der Waals surface area contributed by atoms with Gasteiger partial charge >= 0.3 is 0 Å². The minimum absolute atomic E-state index is 0.136. The number of carbonyl (C=O) groups is 1. The third-order valence-electron chi connectivity index (χ3n) is 3.17. The molecule has 20 heavy (non-hydrogen) atoms. The highest BCUT2D eigenvalue weighted by Crippen LogP contribution is 2.22. The van der Waals surface area contributed by atoms with Gasteiger partial charge in [0.15, 0.2) is 0 Å². The Morgan fingerprint density at radius 3 is 2.95 bits per heavy atom. The Bertz CT molecular complexity index is 534. The topological polar surface area (TPSA) is 125 Å². The van der Waals surface area contributed by atoms with Crippen LogP contribution >= 0.6 is 0 Å². The maximum atomic E-state index is 12.4. The van der Waals surface area contributed by atoms with Crippen LogP contribution in [0.15, 0.2) is 18.2 Å². The van der Waals surface area contributed by atoms with Crippen LogP contribution in [0.1, 0.15) is 10.4 Å². The summed E-state index contributed by atoms with van der Waals surface area (Å²) in [4.78, 5) is 24.1. The highest BCUT2D eigenvalue weighted by molar-refractivity contribution is 5.99. The molecule has 108 valence electrons. The van der Waals surface area contributed by atoms with Crippen molar-refractivity contribution in [3.05, 3.63) is 33.9 Å². The Labute approximate surface area is 115 Å². The molecule has 0 aliphatic carbocycles. The lowest BCUT2D eigenvalue weighted by Gasteiger charge is -2.32. The molecule has 0 radical (unpaired) electrons. The number of benzene rings is 1. The van der Waals surface area contributed by atoms with Crippen molar-refractivity contribution in [1.29, 1.82) is 0 Å². The molecule has 1 aromatic rings. The van der Waals surface area contributed by atoms with Crippen molar-refractivity contribution >= 4 is 17.3 Å². The van der Waals surface area contributed by atoms with Gasteiger partial charge in [0.1, 0.15) is 0 Å². The second kappa shape index (κ2) is 5.85. The van der Waals surface area contributed by atoms with Crippen molar-refractivity contribution in [3.63, 3.8) is 0 Å². The molecule has 0 spiro atoms. The molecular formula is C12H16N4O4. The fraction of sp³-hybridized carbons (Fsp3) is 0.417. The molecule has 1 aliphatic rings. The van der Waals surface area contributed by atoms with Gasteiger partial charge in [-0.05, 0) is 6.07 Å². The van der Waals surface area contributed by atoms with E-state index in [-0.39, 0.29) is 28.9 Å². The Morgan fingerprint density at radius 1 is 1.55 bits per heavy atom. The van der Waals surface area contributed by atoms with Crippen molar-refractivity contribution < 1.29 is 14.5 Å². The summed E-state index contributed by atoms with van der Waals surface area (Å²) in [5.74, 6) is -0.340. The van der Waals surface area contributed by atoms with Gasteiger partial charge in [-0.15, -0.1) is 0 Å². The van der Waals surface area contributed by atoms with E-state index in [1.165, 1.54) is 18.2 Å². The van der Waals surface area contributed by atoms with E-state index in [9.17, 15) is 14.9 Å². The van der Waals surface area contributed by atoms with Crippen LogP contribution in [0, 0.1) is 10.1 Å². The molecule has 0 bridgehead atoms. The van der Waals surface area contributed by atoms with Crippen molar-refractivity contribution in [1.82, 2.24) is 4.90 Å². The number of nitrogens with zero attached hydrogens (tertiary/aromatic N) is 2. The lowest BCUT2D eigenvalue weighted by atomic mass is 10.1. The van der Waals surface area contributed by atoms with Crippen LogP contribution in [0.25, 0.3) is 0 Å². The summed E-state index contributed by atoms with van der Waals surface area (Å²) in [6.07, 6.45) is -0.215. The Morgan fingerprint density at radius 2 is 2.30 bits per heavy atom. The zero-order valence-electron chi connectivity index (χ0n) is 10.8. The molecule has 1 amide bonds. The molecule has 1 saturated heterocycles. The van der Waals surface area contributed by atoms with Gasteiger partial charge in [-0.2, -0.15) is 0 Å². The molecule has 1 unspecified atom stereocenters. The first kappa shape index (κ1) is 14.2. The number of nitro benzene ring substituents is 1. The second-order valence-corrected chi connectivity index (χ2v) is 4.51. The molecular weight excluding hydrogens is 264 g/mol. The van der Waals surface area contributed by atoms with E-state index in [0.717, 1.165) is 0 Å². The van der Waals surface area contributed by atoms with E-state index in [1.807, 2.05) is 0 Å². The number of carbonyl (C=O) groups excluding carboxylic acids is 1. The molecule has 8 nitrogen and oxygen atoms in total. The smallest absolute Gasteiger partial charge is 0.270 e. The van der Waals surface area contributed by atoms with E-state index in [4.69, 9.17) is 16.2 Å². The summed E-state index contributed by atoms with van der Waals surface area (Å²) in [6, 6.07) is 3.84. The maximum absolute atomic E-state index is 12.4. The largest absolute Gasteiger partial charge is 0.398 e. The molecule has 1 atom stereocenters. The standard InChI is InChI=1S/C12H16N4O4/c13-6-9-7-15(3-4-20-9)12(17)10-5-8(16(18)19)1-2-11(10)14/h1-2,5,9H,3-4,6-7,13-14H2. The monoisotopic (exact) mass is 280 g/mol. The SMILES string of the molecule is NCC1CN(C(=O)c2cc([N+](=O)[O-])ccc2N)CCO1. The predicted octanol–water partition coefficient (Wildman–Crippen LogP) is -0.0233. The quantitative estimate of drug-likeness (QED) is 0.455. The zero-order chi connectivity index (χ0) is 14.7. The zero-order valence-corrected chi connectivity index (χ0v) is 10.8. The molecule has 1 aliphatic heterocycles. The average Bonchev–Trinajstić information content (AvgIpc) is 2.46. The number of nitro groups is 1. The number of hydrogen-bond donors (Lipinski definition) is 2. The number of rotatable bonds is 3. The van der Waals surface area contributed by atoms with Crippen molar-refractivity contribution in [3.8, 4) is 0 Å². The second-order valence-electron chi connectivity index (χ2n) is 4.51. The number of anilines is 1. The Hall–Kier alpha value is -2.19. The van der Waals surface area contributed by atoms with Gasteiger partial charge in [-0.1, -0.05) is 0 Å². The number of nitrogen functional groups attached to an aromatic ring is 1. The summed E-state index contributed by atoms with van der Waals surface area (Å²) >= 11 is 0. The van der Waals surface area contributed by atoms with Gasteiger partial charge in [0.2, 0.25) is 0 Å². The van der Waals surface area contributed by atoms with Crippen LogP contribution in [0.5, 0.6) is 0 Å². The normalized spacial score (nSPS) is 18.9. The van der Waals surface area contributed by atoms with Crippen LogP contribution < -0.4 is 11.5 Å². The number of ether oxygens (including phenoxy) is 1. The number of non-ortho nitro benzene ring substituents is 1. The molecule has 1 heterocycles. The number of hydrogen-bond acceptors (Lipinski definition) is 6. The summed E-state index contributed by atoms with van der Waals surface area (Å²) in [7, 11) is 0. The van der Waals surface area contributed by atoms with Crippen LogP contribution in [-0.2, 0) is 4.74 Å². The summed E-state index contributed by atoms with van der Waals surface area (Å²) in [5, 5.41) is 10.8. The maximum Gasteiger partial charge on any atom is 0.270 e. The first-order valence-corrected chi connectivity index (χ1v) is 6.17. The van der Waals surface area contributed by atoms with Gasteiger partial charge in [-0.25, -0.2) is 0 Å². The predicted molar refractivity (Wildman–Crippen MR) is 72.2 cm³/mol. The molecule has 0 aromatic heterocycles. The summed E-state index contributed by atoms with van der Waals surface area (Å²) in [6.45, 7) is 1.48. The van der Waals surface area contributed by atoms with E-state index in [1.54, 1.807) is 4.90 Å². The van der Waals surface area contributed by atoms with Crippen LogP contribution in [-0.4, -0.2) is 48.1 Å². The highest BCUT2D eigenvalue weighted by Gasteiger charge is 2.26. The highest BCUT2D eigenvalue weighted by atomic mass is 16.6. The minimum atomic E-state index is -0.557. The van der Waals surface area contributed by atoms with E-state index >= 15 is 0 Å². The lowest BCUT2D eigenvalue weighted by Crippen LogP contribution is -2.48. The molecule has 1 fully saturated rings. The molecule has 0 saturated carbocycles. The third-order valence-corrected chi connectivity index (χ3v) is 3.17. The number of amides is 1. The summed E-state index contributed by atoms with van der Waals surface area (Å²) < 4.78 is 5.38. The first-order valence-electron chi connectivity index (χ1n) is 6.17. The van der Waals surface area contributed by atoms with Crippen LogP contribution in [0.2, 0.25) is 0 Å². The van der Waals surface area contributed by atoms with Crippen molar-refractivity contribution in [2.75, 3.05) is 32.0 Å². The van der Waals surface area contributed by atoms with E-state index < -0.39 is 4.92 Å². The van der Waals surface area contributed by atoms with Gasteiger partial charge in [0, 0.05) is 37.5 Å². The van der Waals surface area contributed by atoms with Crippen LogP contribution in [0.3, 0.4) is 0 Å². The van der Waals surface area contributed by atoms with Gasteiger partial charge in [0.05, 0.1) is 23.2 Å². The molecule has 2 rings (SSSR count). The molecule has 8 heteroatoms. The van der Waals surface area contributed by atoms with Gasteiger partial charge in [0.25, 0.3) is 11.6 Å². The van der Waals surface area contributed by atoms with Crippen molar-refractivity contribution in [2.45, 2.75) is 6.10 Å². The average molecular weight is 280 g/mol. The minimum Gasteiger partial charge on any atom is -0.398 e. The Balaban J connectivity index is 2.24. The molecule has 4 N–H and O–H groups in total. The van der Waals surface area contributed by atoms with Crippen molar-refractivity contribution in [2.24, 2.45) is 5.73 Å². The van der Waals surface area contributed by atoms with E-state index in [0.29, 0.717) is 26.2 Å². The third kappa shape index (κ3) is 2.86. The number of morpholine rings is 1. The lowest BCUT2D eigenvalue weighted by molar-refractivity contribution is -0.384. The molecule has 1 aromatic carbocycles. The Kier molecular flexibility index (Phi) is 4.16. The summed E-state index contributed by atoms with van der Waals surface area (Å²) in [5.41, 5.74) is 11.5. The number of nitrogens with two attached hydrogens (primary N) is 2. The first-order chi connectivity index (χ1) is 9.52. The van der Waals surface area contributed by atoms with Gasteiger partial charge in [-0.3, -0.25) is 14.9 Å². The van der Waals surface area contributed by atoms with Crippen LogP contribution in [0.4, 0.5) is 11.4 Å². The van der Waals surface area contributed by atoms with E-state index in [2.05, 4.69) is 0 Å². The van der Waals surface area contributed by atoms with Gasteiger partial charge < -0.3 is 21.1 Å². The fourth-order valence-electron chi connectivity index (χ4n) is 2.06. The fourth-order valence-corrected chi connectivity index (χ4v) is 2.06.